The summed E-state index contributed by atoms with van der Waals surface area (Å²) in [6.45, 7) is 6.97. The molecule has 1 aliphatic heterocycles. The summed E-state index contributed by atoms with van der Waals surface area (Å²) in [5.74, 6) is 0.559. The molecule has 84 valence electrons. The lowest BCUT2D eigenvalue weighted by Crippen LogP contribution is -2.33. The van der Waals surface area contributed by atoms with Crippen LogP contribution >= 0.6 is 0 Å². The van der Waals surface area contributed by atoms with Gasteiger partial charge < -0.3 is 14.8 Å². The molecule has 0 radical (unpaired) electrons. The lowest BCUT2D eigenvalue weighted by atomic mass is 10.1. The molecule has 1 heterocycles. The highest BCUT2D eigenvalue weighted by Gasteiger charge is 2.19. The van der Waals surface area contributed by atoms with Crippen molar-refractivity contribution in [2.45, 2.75) is 38.9 Å². The smallest absolute Gasteiger partial charge is 0.0809 e. The van der Waals surface area contributed by atoms with E-state index in [0.29, 0.717) is 18.1 Å². The van der Waals surface area contributed by atoms with E-state index in [2.05, 4.69) is 19.2 Å². The molecule has 1 rings (SSSR count). The van der Waals surface area contributed by atoms with Gasteiger partial charge >= 0.3 is 0 Å². The average molecular weight is 201 g/mol. The van der Waals surface area contributed by atoms with E-state index in [1.807, 2.05) is 7.05 Å². The lowest BCUT2D eigenvalue weighted by Gasteiger charge is -2.22. The van der Waals surface area contributed by atoms with Crippen LogP contribution in [0.4, 0.5) is 0 Å². The number of hydrogen-bond acceptors (Lipinski definition) is 3. The van der Waals surface area contributed by atoms with E-state index < -0.39 is 0 Å². The van der Waals surface area contributed by atoms with Gasteiger partial charge in [0.2, 0.25) is 0 Å². The molecule has 1 saturated heterocycles. The summed E-state index contributed by atoms with van der Waals surface area (Å²) in [6.07, 6.45) is 2.99. The summed E-state index contributed by atoms with van der Waals surface area (Å²) in [6, 6.07) is 0. The van der Waals surface area contributed by atoms with Gasteiger partial charge in [0.25, 0.3) is 0 Å². The Bertz CT molecular complexity index is 144. The van der Waals surface area contributed by atoms with E-state index in [1.54, 1.807) is 0 Å². The Balaban J connectivity index is 2.17. The van der Waals surface area contributed by atoms with Crippen molar-refractivity contribution in [3.8, 4) is 0 Å². The third kappa shape index (κ3) is 3.95. The minimum atomic E-state index is 0.309. The quantitative estimate of drug-likeness (QED) is 0.705. The van der Waals surface area contributed by atoms with Gasteiger partial charge in [-0.3, -0.25) is 0 Å². The van der Waals surface area contributed by atoms with Crippen LogP contribution in [0.5, 0.6) is 0 Å². The summed E-state index contributed by atoms with van der Waals surface area (Å²) >= 11 is 0. The molecule has 0 aliphatic carbocycles. The van der Waals surface area contributed by atoms with E-state index in [1.165, 1.54) is 6.42 Å². The molecule has 3 nitrogen and oxygen atoms in total. The first-order chi connectivity index (χ1) is 6.74. The van der Waals surface area contributed by atoms with Crippen molar-refractivity contribution < 1.29 is 9.47 Å². The van der Waals surface area contributed by atoms with Crippen molar-refractivity contribution in [2.24, 2.45) is 5.92 Å². The maximum absolute atomic E-state index is 5.84. The summed E-state index contributed by atoms with van der Waals surface area (Å²) in [5, 5.41) is 3.16. The summed E-state index contributed by atoms with van der Waals surface area (Å²) < 4.78 is 11.4. The zero-order chi connectivity index (χ0) is 10.4. The van der Waals surface area contributed by atoms with Crippen LogP contribution in [-0.4, -0.2) is 39.0 Å². The second-order valence-electron chi connectivity index (χ2n) is 4.31. The summed E-state index contributed by atoms with van der Waals surface area (Å²) in [4.78, 5) is 0. The van der Waals surface area contributed by atoms with Crippen molar-refractivity contribution in [1.82, 2.24) is 5.32 Å². The first kappa shape index (κ1) is 12.0. The van der Waals surface area contributed by atoms with Gasteiger partial charge in [-0.1, -0.05) is 13.8 Å². The Hall–Kier alpha value is -0.120. The van der Waals surface area contributed by atoms with Gasteiger partial charge in [0.15, 0.2) is 0 Å². The fourth-order valence-corrected chi connectivity index (χ4v) is 1.69. The zero-order valence-electron chi connectivity index (χ0n) is 9.58. The van der Waals surface area contributed by atoms with E-state index >= 15 is 0 Å². The minimum absolute atomic E-state index is 0.309. The molecule has 0 amide bonds. The van der Waals surface area contributed by atoms with Gasteiger partial charge in [-0.15, -0.1) is 0 Å². The fourth-order valence-electron chi connectivity index (χ4n) is 1.69. The highest BCUT2D eigenvalue weighted by Crippen LogP contribution is 2.14. The van der Waals surface area contributed by atoms with Crippen LogP contribution in [0.25, 0.3) is 0 Å². The molecular weight excluding hydrogens is 178 g/mol. The molecule has 0 spiro atoms. The number of rotatable bonds is 6. The third-order valence-corrected chi connectivity index (χ3v) is 2.67. The van der Waals surface area contributed by atoms with Gasteiger partial charge in [0, 0.05) is 13.2 Å². The van der Waals surface area contributed by atoms with Crippen LogP contribution < -0.4 is 5.32 Å². The van der Waals surface area contributed by atoms with Crippen molar-refractivity contribution in [1.29, 1.82) is 0 Å². The molecule has 0 aromatic rings. The summed E-state index contributed by atoms with van der Waals surface area (Å²) in [5.41, 5.74) is 0. The molecule has 0 saturated carbocycles. The van der Waals surface area contributed by atoms with Crippen molar-refractivity contribution in [3.63, 3.8) is 0 Å². The second-order valence-corrected chi connectivity index (χ2v) is 4.31. The molecule has 0 aromatic carbocycles. The molecule has 1 fully saturated rings. The number of likely N-dealkylation sites (N-methyl/N-ethyl adjacent to an activating group) is 1. The molecule has 2 unspecified atom stereocenters. The van der Waals surface area contributed by atoms with Gasteiger partial charge in [0.05, 0.1) is 18.8 Å². The first-order valence-corrected chi connectivity index (χ1v) is 5.62. The van der Waals surface area contributed by atoms with E-state index in [4.69, 9.17) is 9.47 Å². The van der Waals surface area contributed by atoms with E-state index in [-0.39, 0.29) is 0 Å². The summed E-state index contributed by atoms with van der Waals surface area (Å²) in [7, 11) is 1.96. The average Bonchev–Trinajstić information content (AvgIpc) is 2.64. The van der Waals surface area contributed by atoms with Crippen LogP contribution in [0.15, 0.2) is 0 Å². The maximum Gasteiger partial charge on any atom is 0.0809 e. The molecule has 3 heteroatoms. The Morgan fingerprint density at radius 1 is 1.50 bits per heavy atom. The standard InChI is InChI=1S/C11H23NO2/c1-9(2)11(7-12-3)14-8-10-5-4-6-13-10/h9-12H,4-8H2,1-3H3. The molecular formula is C11H23NO2. The predicted octanol–water partition coefficient (Wildman–Crippen LogP) is 1.43. The Morgan fingerprint density at radius 2 is 2.29 bits per heavy atom. The zero-order valence-corrected chi connectivity index (χ0v) is 9.58. The third-order valence-electron chi connectivity index (χ3n) is 2.67. The fraction of sp³-hybridized carbons (Fsp3) is 1.00. The van der Waals surface area contributed by atoms with Gasteiger partial charge in [0.1, 0.15) is 0 Å². The molecule has 1 N–H and O–H groups in total. The number of ether oxygens (including phenoxy) is 2. The van der Waals surface area contributed by atoms with E-state index in [0.717, 1.165) is 26.2 Å². The SMILES string of the molecule is CNCC(OCC1CCCO1)C(C)C. The lowest BCUT2D eigenvalue weighted by molar-refractivity contribution is -0.0352. The Morgan fingerprint density at radius 3 is 2.79 bits per heavy atom. The van der Waals surface area contributed by atoms with Gasteiger partial charge in [-0.05, 0) is 25.8 Å². The van der Waals surface area contributed by atoms with Crippen LogP contribution in [0.2, 0.25) is 0 Å². The second kappa shape index (κ2) is 6.38. The maximum atomic E-state index is 5.84. The molecule has 1 aliphatic rings. The topological polar surface area (TPSA) is 30.5 Å². The van der Waals surface area contributed by atoms with Crippen molar-refractivity contribution in [2.75, 3.05) is 26.8 Å². The highest BCUT2D eigenvalue weighted by atomic mass is 16.5. The van der Waals surface area contributed by atoms with Crippen molar-refractivity contribution >= 4 is 0 Å². The van der Waals surface area contributed by atoms with Gasteiger partial charge in [-0.25, -0.2) is 0 Å². The van der Waals surface area contributed by atoms with Crippen LogP contribution in [-0.2, 0) is 9.47 Å². The molecule has 2 atom stereocenters. The van der Waals surface area contributed by atoms with E-state index in [9.17, 15) is 0 Å². The first-order valence-electron chi connectivity index (χ1n) is 5.62. The van der Waals surface area contributed by atoms with Gasteiger partial charge in [-0.2, -0.15) is 0 Å². The predicted molar refractivity (Wildman–Crippen MR) is 57.5 cm³/mol. The number of hydrogen-bond donors (Lipinski definition) is 1. The van der Waals surface area contributed by atoms with Crippen LogP contribution in [0.3, 0.4) is 0 Å². The van der Waals surface area contributed by atoms with Crippen molar-refractivity contribution in [3.05, 3.63) is 0 Å². The molecule has 0 aromatic heterocycles. The highest BCUT2D eigenvalue weighted by molar-refractivity contribution is 4.68. The normalized spacial score (nSPS) is 24.4. The number of nitrogens with one attached hydrogen (secondary N) is 1. The van der Waals surface area contributed by atoms with Crippen LogP contribution in [0, 0.1) is 5.92 Å². The molecule has 0 bridgehead atoms. The van der Waals surface area contributed by atoms with Crippen LogP contribution in [0.1, 0.15) is 26.7 Å². The Labute approximate surface area is 87.2 Å². The molecule has 14 heavy (non-hydrogen) atoms. The Kier molecular flexibility index (Phi) is 5.45. The largest absolute Gasteiger partial charge is 0.376 e. The minimum Gasteiger partial charge on any atom is -0.376 e. The monoisotopic (exact) mass is 201 g/mol.